The van der Waals surface area contributed by atoms with E-state index >= 15 is 0 Å². The monoisotopic (exact) mass is 440 g/mol. The fraction of sp³-hybridized carbons (Fsp3) is 0.0909. The molecule has 4 rings (SSSR count). The molecule has 3 aromatic carbocycles. The summed E-state index contributed by atoms with van der Waals surface area (Å²) in [5, 5.41) is 0. The fourth-order valence-electron chi connectivity index (χ4n) is 3.51. The Labute approximate surface area is 176 Å². The van der Waals surface area contributed by atoms with Crippen molar-refractivity contribution in [2.24, 2.45) is 0 Å². The standard InChI is InChI=1S/C22H20N2O4S2/c1-2-18-17-23(29(25,26)19-11-5-3-6-12-19)21-15-9-10-16-22(21)24(18)30(27,28)20-13-7-4-8-14-20/h2-16,18H,1,17H2. The van der Waals surface area contributed by atoms with Crippen LogP contribution in [0.5, 0.6) is 0 Å². The van der Waals surface area contributed by atoms with Gasteiger partial charge in [-0.2, -0.15) is 0 Å². The molecular formula is C22H20N2O4S2. The molecule has 1 aliphatic rings. The van der Waals surface area contributed by atoms with Crippen molar-refractivity contribution in [3.63, 3.8) is 0 Å². The van der Waals surface area contributed by atoms with Gasteiger partial charge < -0.3 is 0 Å². The third-order valence-corrected chi connectivity index (χ3v) is 8.59. The second-order valence-corrected chi connectivity index (χ2v) is 10.4. The Kier molecular flexibility index (Phi) is 5.13. The van der Waals surface area contributed by atoms with E-state index in [9.17, 15) is 16.8 Å². The van der Waals surface area contributed by atoms with E-state index in [0.29, 0.717) is 5.69 Å². The van der Waals surface area contributed by atoms with Crippen molar-refractivity contribution in [1.82, 2.24) is 0 Å². The maximum Gasteiger partial charge on any atom is 0.264 e. The van der Waals surface area contributed by atoms with Crippen molar-refractivity contribution >= 4 is 31.4 Å². The van der Waals surface area contributed by atoms with Gasteiger partial charge in [-0.3, -0.25) is 8.61 Å². The molecule has 0 fully saturated rings. The van der Waals surface area contributed by atoms with E-state index in [-0.39, 0.29) is 22.0 Å². The van der Waals surface area contributed by atoms with Gasteiger partial charge in [0.25, 0.3) is 20.0 Å². The third kappa shape index (κ3) is 3.28. The zero-order valence-electron chi connectivity index (χ0n) is 16.0. The highest BCUT2D eigenvalue weighted by Gasteiger charge is 2.41. The summed E-state index contributed by atoms with van der Waals surface area (Å²) in [6.45, 7) is 3.70. The molecule has 8 heteroatoms. The molecule has 30 heavy (non-hydrogen) atoms. The van der Waals surface area contributed by atoms with Gasteiger partial charge in [0.1, 0.15) is 0 Å². The van der Waals surface area contributed by atoms with Gasteiger partial charge in [0.05, 0.1) is 33.8 Å². The molecule has 0 amide bonds. The Bertz CT molecular complexity index is 1270. The van der Waals surface area contributed by atoms with Gasteiger partial charge in [0, 0.05) is 0 Å². The van der Waals surface area contributed by atoms with Crippen molar-refractivity contribution in [2.75, 3.05) is 15.2 Å². The third-order valence-electron chi connectivity index (χ3n) is 4.95. The number of sulfonamides is 2. The maximum absolute atomic E-state index is 13.5. The summed E-state index contributed by atoms with van der Waals surface area (Å²) in [5.74, 6) is 0. The lowest BCUT2D eigenvalue weighted by Gasteiger charge is -2.41. The first-order valence-corrected chi connectivity index (χ1v) is 12.1. The Morgan fingerprint density at radius 3 is 1.70 bits per heavy atom. The van der Waals surface area contributed by atoms with Crippen LogP contribution in [0, 0.1) is 0 Å². The van der Waals surface area contributed by atoms with Crippen LogP contribution in [0.15, 0.2) is 107 Å². The first-order chi connectivity index (χ1) is 14.4. The van der Waals surface area contributed by atoms with Crippen molar-refractivity contribution < 1.29 is 16.8 Å². The average Bonchev–Trinajstić information content (AvgIpc) is 2.79. The number of anilines is 2. The Balaban J connectivity index is 1.90. The van der Waals surface area contributed by atoms with E-state index in [1.807, 2.05) is 0 Å². The fourth-order valence-corrected chi connectivity index (χ4v) is 6.68. The van der Waals surface area contributed by atoms with Gasteiger partial charge in [-0.15, -0.1) is 6.58 Å². The van der Waals surface area contributed by atoms with Gasteiger partial charge in [-0.05, 0) is 36.4 Å². The van der Waals surface area contributed by atoms with Gasteiger partial charge in [0.2, 0.25) is 0 Å². The Hall–Kier alpha value is -3.10. The summed E-state index contributed by atoms with van der Waals surface area (Å²) < 4.78 is 56.1. The van der Waals surface area contributed by atoms with Gasteiger partial charge in [-0.1, -0.05) is 54.6 Å². The van der Waals surface area contributed by atoms with E-state index in [2.05, 4.69) is 6.58 Å². The van der Waals surface area contributed by atoms with Crippen LogP contribution in [0.25, 0.3) is 0 Å². The summed E-state index contributed by atoms with van der Waals surface area (Å²) in [6.07, 6.45) is 1.46. The highest BCUT2D eigenvalue weighted by Crippen LogP contribution is 2.41. The van der Waals surface area contributed by atoms with Crippen LogP contribution in [0.3, 0.4) is 0 Å². The first kappa shape index (κ1) is 20.2. The number of rotatable bonds is 5. The zero-order valence-corrected chi connectivity index (χ0v) is 17.6. The molecule has 0 saturated carbocycles. The van der Waals surface area contributed by atoms with Crippen molar-refractivity contribution in [1.29, 1.82) is 0 Å². The van der Waals surface area contributed by atoms with Gasteiger partial charge in [0.15, 0.2) is 0 Å². The van der Waals surface area contributed by atoms with Crippen LogP contribution >= 0.6 is 0 Å². The van der Waals surface area contributed by atoms with Crippen LogP contribution in [0.1, 0.15) is 0 Å². The lowest BCUT2D eigenvalue weighted by Crippen LogP contribution is -2.52. The van der Waals surface area contributed by atoms with Crippen LogP contribution in [-0.2, 0) is 20.0 Å². The molecule has 0 aliphatic carbocycles. The molecular weight excluding hydrogens is 420 g/mol. The normalized spacial score (nSPS) is 16.7. The maximum atomic E-state index is 13.5. The van der Waals surface area contributed by atoms with E-state index in [4.69, 9.17) is 0 Å². The van der Waals surface area contributed by atoms with E-state index in [1.54, 1.807) is 60.7 Å². The molecule has 0 saturated heterocycles. The Morgan fingerprint density at radius 1 is 0.700 bits per heavy atom. The topological polar surface area (TPSA) is 74.8 Å². The molecule has 154 valence electrons. The van der Waals surface area contributed by atoms with Crippen LogP contribution < -0.4 is 8.61 Å². The SMILES string of the molecule is C=CC1CN(S(=O)(=O)c2ccccc2)c2ccccc2N1S(=O)(=O)c1ccccc1. The average molecular weight is 441 g/mol. The lowest BCUT2D eigenvalue weighted by atomic mass is 10.1. The largest absolute Gasteiger partial charge is 0.264 e. The number of para-hydroxylation sites is 2. The molecule has 0 N–H and O–H groups in total. The summed E-state index contributed by atoms with van der Waals surface area (Å²) in [5.41, 5.74) is 0.593. The number of fused-ring (bicyclic) bond motifs is 1. The molecule has 0 aromatic heterocycles. The molecule has 1 unspecified atom stereocenters. The minimum atomic E-state index is -3.93. The minimum absolute atomic E-state index is 0.0796. The zero-order chi connectivity index (χ0) is 21.4. The molecule has 1 aliphatic heterocycles. The molecule has 3 aromatic rings. The quantitative estimate of drug-likeness (QED) is 0.568. The summed E-state index contributed by atoms with van der Waals surface area (Å²) >= 11 is 0. The highest BCUT2D eigenvalue weighted by molar-refractivity contribution is 7.93. The predicted octanol–water partition coefficient (Wildman–Crippen LogP) is 3.65. The van der Waals surface area contributed by atoms with E-state index in [0.717, 1.165) is 0 Å². The summed E-state index contributed by atoms with van der Waals surface area (Å²) in [6, 6.07) is 22.0. The lowest BCUT2D eigenvalue weighted by molar-refractivity contribution is 0.573. The molecule has 1 atom stereocenters. The predicted molar refractivity (Wildman–Crippen MR) is 118 cm³/mol. The molecule has 0 radical (unpaired) electrons. The van der Waals surface area contributed by atoms with E-state index in [1.165, 1.54) is 39.0 Å². The number of benzene rings is 3. The number of nitrogens with zero attached hydrogens (tertiary/aromatic N) is 2. The van der Waals surface area contributed by atoms with Gasteiger partial charge in [-0.25, -0.2) is 16.8 Å². The van der Waals surface area contributed by atoms with Crippen LogP contribution in [0.4, 0.5) is 11.4 Å². The highest BCUT2D eigenvalue weighted by atomic mass is 32.2. The number of hydrogen-bond acceptors (Lipinski definition) is 4. The second kappa shape index (κ2) is 7.62. The van der Waals surface area contributed by atoms with Crippen molar-refractivity contribution in [3.8, 4) is 0 Å². The van der Waals surface area contributed by atoms with Gasteiger partial charge >= 0.3 is 0 Å². The molecule has 0 spiro atoms. The number of hydrogen-bond donors (Lipinski definition) is 0. The summed E-state index contributed by atoms with van der Waals surface area (Å²) in [4.78, 5) is 0.271. The van der Waals surface area contributed by atoms with Crippen molar-refractivity contribution in [2.45, 2.75) is 15.8 Å². The molecule has 1 heterocycles. The van der Waals surface area contributed by atoms with Crippen molar-refractivity contribution in [3.05, 3.63) is 97.6 Å². The van der Waals surface area contributed by atoms with Crippen LogP contribution in [0.2, 0.25) is 0 Å². The molecule has 6 nitrogen and oxygen atoms in total. The second-order valence-electron chi connectivity index (χ2n) is 6.75. The summed E-state index contributed by atoms with van der Waals surface area (Å²) in [7, 11) is -7.82. The smallest absolute Gasteiger partial charge is 0.262 e. The van der Waals surface area contributed by atoms with Crippen LogP contribution in [-0.4, -0.2) is 29.4 Å². The first-order valence-electron chi connectivity index (χ1n) is 9.26. The minimum Gasteiger partial charge on any atom is -0.262 e. The molecule has 0 bridgehead atoms. The van der Waals surface area contributed by atoms with E-state index < -0.39 is 26.1 Å². The Morgan fingerprint density at radius 2 is 1.17 bits per heavy atom.